The van der Waals surface area contributed by atoms with Crippen LogP contribution >= 0.6 is 23.2 Å². The Balaban J connectivity index is 1.46. The molecule has 7 heteroatoms. The molecule has 174 valence electrons. The lowest BCUT2D eigenvalue weighted by Gasteiger charge is -2.44. The molecule has 34 heavy (non-hydrogen) atoms. The molecule has 0 aliphatic carbocycles. The molecule has 2 heterocycles. The van der Waals surface area contributed by atoms with E-state index in [1.54, 1.807) is 18.2 Å². The first-order chi connectivity index (χ1) is 16.4. The minimum Gasteiger partial charge on any atom is -0.508 e. The molecule has 5 rings (SSSR count). The van der Waals surface area contributed by atoms with Gasteiger partial charge in [0.25, 0.3) is 5.91 Å². The van der Waals surface area contributed by atoms with Crippen molar-refractivity contribution in [3.8, 4) is 5.75 Å². The number of phenols is 1. The Hall–Kier alpha value is -3.15. The number of likely N-dealkylation sites (N-methyl/N-ethyl adjacent to an activating group) is 1. The van der Waals surface area contributed by atoms with E-state index in [2.05, 4.69) is 15.9 Å². The van der Waals surface area contributed by atoms with Crippen molar-refractivity contribution in [3.63, 3.8) is 0 Å². The Labute approximate surface area is 209 Å². The summed E-state index contributed by atoms with van der Waals surface area (Å²) in [6.07, 6.45) is 2.01. The third-order valence-corrected chi connectivity index (χ3v) is 7.06. The van der Waals surface area contributed by atoms with Gasteiger partial charge in [-0.25, -0.2) is 0 Å². The lowest BCUT2D eigenvalue weighted by Crippen LogP contribution is -2.51. The number of aromatic hydroxyl groups is 1. The molecule has 1 amide bonds. The topological polar surface area (TPSA) is 47.0 Å². The molecule has 1 N–H and O–H groups in total. The largest absolute Gasteiger partial charge is 0.508 e. The van der Waals surface area contributed by atoms with Gasteiger partial charge in [-0.2, -0.15) is 0 Å². The van der Waals surface area contributed by atoms with E-state index in [-0.39, 0.29) is 17.7 Å². The van der Waals surface area contributed by atoms with Crippen LogP contribution in [0.25, 0.3) is 6.08 Å². The molecule has 5 nitrogen and oxygen atoms in total. The van der Waals surface area contributed by atoms with E-state index in [9.17, 15) is 9.90 Å². The number of hydrogen-bond acceptors (Lipinski definition) is 4. The Morgan fingerprint density at radius 3 is 2.50 bits per heavy atom. The van der Waals surface area contributed by atoms with Crippen molar-refractivity contribution < 1.29 is 9.90 Å². The Morgan fingerprint density at radius 2 is 1.74 bits per heavy atom. The summed E-state index contributed by atoms with van der Waals surface area (Å²) >= 11 is 12.7. The molecule has 3 aromatic rings. The first-order valence-corrected chi connectivity index (χ1v) is 12.0. The van der Waals surface area contributed by atoms with E-state index < -0.39 is 0 Å². The highest BCUT2D eigenvalue weighted by Gasteiger charge is 2.33. The van der Waals surface area contributed by atoms with Gasteiger partial charge in [-0.15, -0.1) is 0 Å². The predicted octanol–water partition coefficient (Wildman–Crippen LogP) is 5.62. The Morgan fingerprint density at radius 1 is 0.971 bits per heavy atom. The highest BCUT2D eigenvalue weighted by molar-refractivity contribution is 6.36. The maximum Gasteiger partial charge on any atom is 0.251 e. The molecule has 1 unspecified atom stereocenters. The number of piperazine rings is 1. The number of hydrogen-bond donors (Lipinski definition) is 1. The normalized spacial score (nSPS) is 17.9. The molecule has 0 spiro atoms. The van der Waals surface area contributed by atoms with Gasteiger partial charge >= 0.3 is 0 Å². The highest BCUT2D eigenvalue weighted by Crippen LogP contribution is 2.37. The lowest BCUT2D eigenvalue weighted by molar-refractivity contribution is -0.127. The molecule has 2 aliphatic rings. The van der Waals surface area contributed by atoms with E-state index >= 15 is 0 Å². The van der Waals surface area contributed by atoms with Crippen LogP contribution in [0.3, 0.4) is 0 Å². The minimum atomic E-state index is -0.119. The van der Waals surface area contributed by atoms with Crippen molar-refractivity contribution >= 4 is 46.6 Å². The molecule has 0 radical (unpaired) electrons. The van der Waals surface area contributed by atoms with Gasteiger partial charge in [0, 0.05) is 49.5 Å². The van der Waals surface area contributed by atoms with Crippen LogP contribution in [0.15, 0.2) is 72.3 Å². The van der Waals surface area contributed by atoms with E-state index in [1.165, 1.54) is 0 Å². The number of anilines is 2. The molecule has 0 saturated carbocycles. The van der Waals surface area contributed by atoms with Gasteiger partial charge < -0.3 is 19.8 Å². The predicted molar refractivity (Wildman–Crippen MR) is 139 cm³/mol. The van der Waals surface area contributed by atoms with Crippen molar-refractivity contribution in [2.75, 3.05) is 43.0 Å². The number of carbonyl (C=O) groups is 1. The number of fused-ring (bicyclic) bond motifs is 1. The first kappa shape index (κ1) is 22.6. The first-order valence-electron chi connectivity index (χ1n) is 11.2. The molecular formula is C27H25Cl2N3O2. The third kappa shape index (κ3) is 4.33. The molecule has 1 saturated heterocycles. The molecule has 2 aliphatic heterocycles. The zero-order chi connectivity index (χ0) is 23.8. The van der Waals surface area contributed by atoms with Crippen LogP contribution < -0.4 is 9.80 Å². The second kappa shape index (κ2) is 9.24. The maximum absolute atomic E-state index is 13.6. The monoisotopic (exact) mass is 493 g/mol. The molecule has 1 atom stereocenters. The van der Waals surface area contributed by atoms with Crippen molar-refractivity contribution in [3.05, 3.63) is 93.5 Å². The van der Waals surface area contributed by atoms with Crippen molar-refractivity contribution in [1.82, 2.24) is 4.90 Å². The number of amides is 1. The van der Waals surface area contributed by atoms with Crippen molar-refractivity contribution in [2.45, 2.75) is 6.04 Å². The molecular weight excluding hydrogens is 469 g/mol. The van der Waals surface area contributed by atoms with Gasteiger partial charge in [0.15, 0.2) is 0 Å². The smallest absolute Gasteiger partial charge is 0.251 e. The van der Waals surface area contributed by atoms with Crippen molar-refractivity contribution in [1.29, 1.82) is 0 Å². The lowest BCUT2D eigenvalue weighted by atomic mass is 9.98. The second-order valence-electron chi connectivity index (χ2n) is 8.73. The van der Waals surface area contributed by atoms with Gasteiger partial charge in [-0.3, -0.25) is 4.79 Å². The van der Waals surface area contributed by atoms with Crippen LogP contribution in [-0.4, -0.2) is 49.1 Å². The van der Waals surface area contributed by atoms with Gasteiger partial charge in [-0.1, -0.05) is 53.5 Å². The standard InChI is InChI=1S/C27H25Cl2N3O2/c1-30-16-20(14-19-4-2-3-5-24(19)30)27(34)31-12-13-32(25-11-8-21(28)15-23(25)29)26(17-31)18-6-9-22(33)10-7-18/h2-11,14-15,26,33H,12-13,16-17H2,1H3. The number of phenolic OH excluding ortho intramolecular Hbond substituents is 1. The maximum atomic E-state index is 13.6. The van der Waals surface area contributed by atoms with Crippen LogP contribution in [0.2, 0.25) is 10.0 Å². The zero-order valence-corrected chi connectivity index (χ0v) is 20.3. The summed E-state index contributed by atoms with van der Waals surface area (Å²) in [7, 11) is 2.01. The van der Waals surface area contributed by atoms with Crippen LogP contribution in [0, 0.1) is 0 Å². The summed E-state index contributed by atoms with van der Waals surface area (Å²) in [5.74, 6) is 0.254. The number of nitrogens with zero attached hydrogens (tertiary/aromatic N) is 3. The third-order valence-electron chi connectivity index (χ3n) is 6.52. The fourth-order valence-corrected chi connectivity index (χ4v) is 5.33. The summed E-state index contributed by atoms with van der Waals surface area (Å²) in [6.45, 7) is 2.28. The number of carbonyl (C=O) groups excluding carboxylic acids is 1. The van der Waals surface area contributed by atoms with Gasteiger partial charge in [0.05, 0.1) is 16.8 Å². The summed E-state index contributed by atoms with van der Waals surface area (Å²) in [6, 6.07) is 20.6. The summed E-state index contributed by atoms with van der Waals surface area (Å²) in [4.78, 5) is 19.9. The summed E-state index contributed by atoms with van der Waals surface area (Å²) in [5.41, 5.74) is 4.84. The number of halogens is 2. The second-order valence-corrected chi connectivity index (χ2v) is 9.58. The van der Waals surface area contributed by atoms with E-state index in [0.717, 1.165) is 28.1 Å². The minimum absolute atomic E-state index is 0.0481. The van der Waals surface area contributed by atoms with Gasteiger partial charge in [0.2, 0.25) is 0 Å². The van der Waals surface area contributed by atoms with Crippen LogP contribution in [0.5, 0.6) is 5.75 Å². The fraction of sp³-hybridized carbons (Fsp3) is 0.222. The van der Waals surface area contributed by atoms with Crippen LogP contribution in [-0.2, 0) is 4.79 Å². The number of para-hydroxylation sites is 1. The van der Waals surface area contributed by atoms with Gasteiger partial charge in [-0.05, 0) is 53.6 Å². The average Bonchev–Trinajstić information content (AvgIpc) is 2.84. The van der Waals surface area contributed by atoms with Crippen LogP contribution in [0.1, 0.15) is 17.2 Å². The van der Waals surface area contributed by atoms with Crippen molar-refractivity contribution in [2.24, 2.45) is 0 Å². The quantitative estimate of drug-likeness (QED) is 0.514. The van der Waals surface area contributed by atoms with E-state index in [0.29, 0.717) is 36.2 Å². The summed E-state index contributed by atoms with van der Waals surface area (Å²) in [5, 5.41) is 11.0. The molecule has 1 fully saturated rings. The number of benzene rings is 3. The molecule has 3 aromatic carbocycles. The summed E-state index contributed by atoms with van der Waals surface area (Å²) < 4.78 is 0. The van der Waals surface area contributed by atoms with E-state index in [1.807, 2.05) is 60.5 Å². The number of rotatable bonds is 3. The SMILES string of the molecule is CN1CC(C(=O)N2CCN(c3ccc(Cl)cc3Cl)C(c3ccc(O)cc3)C2)=Cc2ccccc21. The van der Waals surface area contributed by atoms with E-state index in [4.69, 9.17) is 23.2 Å². The fourth-order valence-electron chi connectivity index (χ4n) is 4.82. The Kier molecular flexibility index (Phi) is 6.15. The van der Waals surface area contributed by atoms with Gasteiger partial charge in [0.1, 0.15) is 5.75 Å². The highest BCUT2D eigenvalue weighted by atomic mass is 35.5. The van der Waals surface area contributed by atoms with Crippen LogP contribution in [0.4, 0.5) is 11.4 Å². The Bertz CT molecular complexity index is 1260. The molecule has 0 bridgehead atoms. The molecule has 0 aromatic heterocycles. The zero-order valence-electron chi connectivity index (χ0n) is 18.8. The average molecular weight is 494 g/mol.